The van der Waals surface area contributed by atoms with E-state index in [-0.39, 0.29) is 23.5 Å². The first-order valence-electron chi connectivity index (χ1n) is 27.4. The Balaban J connectivity index is 1.06. The number of hydrogen-bond donors (Lipinski definition) is 1. The number of nitrogens with one attached hydrogen (secondary N) is 1. The van der Waals surface area contributed by atoms with Crippen LogP contribution in [-0.2, 0) is 26.9 Å². The van der Waals surface area contributed by atoms with Crippen molar-refractivity contribution in [3.63, 3.8) is 0 Å². The maximum Gasteiger partial charge on any atom is 0.227 e. The largest absolute Gasteiger partial charge is 0.364 e. The number of pyridine rings is 2. The van der Waals surface area contributed by atoms with Gasteiger partial charge in [-0.3, -0.25) is 9.78 Å². The summed E-state index contributed by atoms with van der Waals surface area (Å²) in [6.45, 7) is 24.0. The molecule has 4 aromatic rings. The van der Waals surface area contributed by atoms with Gasteiger partial charge in [-0.2, -0.15) is 4.58 Å². The lowest BCUT2D eigenvalue weighted by Gasteiger charge is -2.29. The van der Waals surface area contributed by atoms with Gasteiger partial charge < -0.3 is 15.0 Å². The number of fused-ring (bicyclic) bond motifs is 2. The van der Waals surface area contributed by atoms with E-state index in [0.717, 1.165) is 103 Å². The Morgan fingerprint density at radius 3 is 2.21 bits per heavy atom. The Kier molecular flexibility index (Phi) is 18.3. The molecule has 0 saturated heterocycles. The van der Waals surface area contributed by atoms with Gasteiger partial charge in [0.05, 0.1) is 5.41 Å². The maximum absolute atomic E-state index is 13.2. The van der Waals surface area contributed by atoms with Crippen molar-refractivity contribution < 1.29 is 18.7 Å². The summed E-state index contributed by atoms with van der Waals surface area (Å²) in [4.78, 5) is 20.1. The third-order valence-corrected chi connectivity index (χ3v) is 16.6. The van der Waals surface area contributed by atoms with Crippen molar-refractivity contribution in [2.45, 2.75) is 175 Å². The minimum absolute atomic E-state index is 0.0508. The van der Waals surface area contributed by atoms with Gasteiger partial charge in [0.15, 0.2) is 18.1 Å². The first-order valence-corrected chi connectivity index (χ1v) is 27.4. The van der Waals surface area contributed by atoms with Crippen molar-refractivity contribution in [3.8, 4) is 0 Å². The van der Waals surface area contributed by atoms with Crippen molar-refractivity contribution in [1.82, 2.24) is 10.3 Å². The molecule has 0 fully saturated rings. The Labute approximate surface area is 428 Å². The van der Waals surface area contributed by atoms with Gasteiger partial charge in [-0.05, 0) is 154 Å². The quantitative estimate of drug-likeness (QED) is 0.0408. The highest BCUT2D eigenvalue weighted by Gasteiger charge is 2.44. The molecule has 1 N–H and O–H groups in total. The Bertz CT molecular complexity index is 2580. The maximum atomic E-state index is 13.2. The molecule has 3 unspecified atom stereocenters. The molecule has 2 aromatic carbocycles. The van der Waals surface area contributed by atoms with Crippen LogP contribution in [0.25, 0.3) is 0 Å². The van der Waals surface area contributed by atoms with Crippen molar-refractivity contribution in [2.24, 2.45) is 5.41 Å². The number of nitrogens with zero attached hydrogens (tertiary/aromatic N) is 4. The second kappa shape index (κ2) is 24.3. The zero-order valence-corrected chi connectivity index (χ0v) is 45.3. The van der Waals surface area contributed by atoms with E-state index in [1.807, 2.05) is 12.4 Å². The molecule has 1 aliphatic carbocycles. The lowest BCUT2D eigenvalue weighted by molar-refractivity contribution is -0.697. The van der Waals surface area contributed by atoms with E-state index in [0.29, 0.717) is 11.8 Å². The highest BCUT2D eigenvalue weighted by molar-refractivity contribution is 6.03. The molecule has 2 aromatic heterocycles. The summed E-state index contributed by atoms with van der Waals surface area (Å²) < 4.78 is 10.1. The van der Waals surface area contributed by atoms with Crippen LogP contribution in [0.1, 0.15) is 180 Å². The van der Waals surface area contributed by atoms with Crippen LogP contribution >= 0.6 is 0 Å². The molecule has 0 spiro atoms. The number of carbonyl (C=O) groups is 1. The molecule has 7 heteroatoms. The van der Waals surface area contributed by atoms with Crippen LogP contribution in [0.15, 0.2) is 144 Å². The van der Waals surface area contributed by atoms with E-state index < -0.39 is 5.41 Å². The third kappa shape index (κ3) is 12.1. The van der Waals surface area contributed by atoms with Crippen LogP contribution in [0.2, 0.25) is 0 Å². The fraction of sp³-hybridized carbons (Fsp3) is 0.500. The number of hydrogen-bond acceptors (Lipinski definition) is 4. The van der Waals surface area contributed by atoms with Gasteiger partial charge in [-0.1, -0.05) is 97.0 Å². The first kappa shape index (κ1) is 53.4. The van der Waals surface area contributed by atoms with Crippen molar-refractivity contribution in [3.05, 3.63) is 167 Å². The fourth-order valence-corrected chi connectivity index (χ4v) is 11.9. The van der Waals surface area contributed by atoms with E-state index in [2.05, 4.69) is 196 Å². The molecule has 7 nitrogen and oxygen atoms in total. The summed E-state index contributed by atoms with van der Waals surface area (Å²) in [6, 6.07) is 27.1. The number of ether oxygens (including phenoxy) is 1. The molecule has 3 atom stereocenters. The van der Waals surface area contributed by atoms with Crippen LogP contribution in [0.4, 0.5) is 11.4 Å². The number of benzene rings is 2. The summed E-state index contributed by atoms with van der Waals surface area (Å²) >= 11 is 0. The summed E-state index contributed by atoms with van der Waals surface area (Å²) in [6.07, 6.45) is 32.0. The summed E-state index contributed by atoms with van der Waals surface area (Å²) in [5.41, 5.74) is 15.2. The number of carbonyl (C=O) groups excluding carboxylic acids is 1. The minimum Gasteiger partial charge on any atom is -0.364 e. The SMILES string of the molecule is CCCN1C(=CC=C2CCC(C=CC3=[N+](CCC)c4ccccc4C3(C)C)=C2CCCC[n+]2ccc(C(CC)CCC(CCC(C)(CC)C(=O)NCOC)c3ccncc3)cc2)C(C)(C)c2ccccc21. The fourth-order valence-electron chi connectivity index (χ4n) is 11.9. The van der Waals surface area contributed by atoms with Gasteiger partial charge in [0.25, 0.3) is 0 Å². The highest BCUT2D eigenvalue weighted by Crippen LogP contribution is 2.48. The minimum atomic E-state index is -0.433. The normalized spacial score (nSPS) is 18.9. The van der Waals surface area contributed by atoms with E-state index in [1.165, 1.54) is 56.2 Å². The van der Waals surface area contributed by atoms with Gasteiger partial charge in [-0.25, -0.2) is 4.57 Å². The second-order valence-electron chi connectivity index (χ2n) is 21.9. The average Bonchev–Trinajstić information content (AvgIpc) is 3.95. The van der Waals surface area contributed by atoms with Gasteiger partial charge >= 0.3 is 0 Å². The molecular weight excluding hydrogens is 871 g/mol. The molecule has 378 valence electrons. The van der Waals surface area contributed by atoms with E-state index in [1.54, 1.807) is 12.7 Å². The molecule has 71 heavy (non-hydrogen) atoms. The first-order chi connectivity index (χ1) is 34.3. The van der Waals surface area contributed by atoms with Gasteiger partial charge in [0.2, 0.25) is 11.6 Å². The number of unbranched alkanes of at least 4 members (excludes halogenated alkanes) is 1. The van der Waals surface area contributed by atoms with Crippen LogP contribution in [0.5, 0.6) is 0 Å². The Morgan fingerprint density at radius 1 is 0.803 bits per heavy atom. The number of allylic oxidation sites excluding steroid dienone is 8. The summed E-state index contributed by atoms with van der Waals surface area (Å²) in [5, 5.41) is 2.96. The zero-order valence-electron chi connectivity index (χ0n) is 45.3. The monoisotopic (exact) mass is 958 g/mol. The van der Waals surface area contributed by atoms with Crippen molar-refractivity contribution in [1.29, 1.82) is 0 Å². The predicted octanol–water partition coefficient (Wildman–Crippen LogP) is 14.7. The molecule has 0 bridgehead atoms. The number of methoxy groups -OCH3 is 1. The predicted molar refractivity (Wildman–Crippen MR) is 296 cm³/mol. The van der Waals surface area contributed by atoms with Crippen LogP contribution in [0, 0.1) is 5.41 Å². The lowest BCUT2D eigenvalue weighted by atomic mass is 9.77. The Morgan fingerprint density at radius 2 is 1.51 bits per heavy atom. The molecule has 1 amide bonds. The number of aryl methyl sites for hydroxylation is 1. The molecule has 0 radical (unpaired) electrons. The lowest BCUT2D eigenvalue weighted by Crippen LogP contribution is -2.39. The van der Waals surface area contributed by atoms with Crippen molar-refractivity contribution >= 4 is 23.0 Å². The molecule has 2 aliphatic heterocycles. The standard InChI is InChI=1S/C64H86N5O2/c1-11-42-68-57-24-17-15-22-55(57)62(5,6)59(68)32-30-52-28-29-53(31-33-60-63(7,8)56-23-16-18-25-58(56)69(60)43-12-2)54(52)21-19-20-44-67-45-37-51(38-46-67)48(13-3)26-27-49(50-35-40-65-41-36-50)34-39-64(9,14-4)61(70)66-47-71-10/h15-18,22-25,30-33,35-38,40-41,45-46,48-49H,11-14,19-21,26-29,34,39,42-44,47H2,1-10H3/q+1/p+1. The van der Waals surface area contributed by atoms with Gasteiger partial charge in [-0.15, -0.1) is 0 Å². The van der Waals surface area contributed by atoms with E-state index >= 15 is 0 Å². The average molecular weight is 958 g/mol. The topological polar surface area (TPSA) is 61.3 Å². The molecule has 0 saturated carbocycles. The number of aromatic nitrogens is 2. The number of para-hydroxylation sites is 2. The third-order valence-electron chi connectivity index (χ3n) is 16.6. The van der Waals surface area contributed by atoms with Gasteiger partial charge in [0.1, 0.15) is 19.8 Å². The second-order valence-corrected chi connectivity index (χ2v) is 21.9. The molecular formula is C64H87N5O2+2. The Hall–Kier alpha value is -5.40. The summed E-state index contributed by atoms with van der Waals surface area (Å²) in [5.74, 6) is 0.917. The van der Waals surface area contributed by atoms with Crippen LogP contribution in [0.3, 0.4) is 0 Å². The smallest absolute Gasteiger partial charge is 0.227 e. The van der Waals surface area contributed by atoms with E-state index in [9.17, 15) is 4.79 Å². The number of rotatable bonds is 25. The van der Waals surface area contributed by atoms with Crippen molar-refractivity contribution in [2.75, 3.05) is 31.8 Å². The zero-order chi connectivity index (χ0) is 50.6. The van der Waals surface area contributed by atoms with E-state index in [4.69, 9.17) is 4.74 Å². The number of amides is 1. The summed E-state index contributed by atoms with van der Waals surface area (Å²) in [7, 11) is 1.61. The molecule has 7 rings (SSSR count). The molecule has 4 heterocycles. The van der Waals surface area contributed by atoms with Crippen LogP contribution in [-0.4, -0.2) is 48.1 Å². The van der Waals surface area contributed by atoms with Crippen LogP contribution < -0.4 is 14.8 Å². The van der Waals surface area contributed by atoms with Gasteiger partial charge in [0, 0.05) is 90.9 Å². The molecule has 3 aliphatic rings. The highest BCUT2D eigenvalue weighted by atomic mass is 16.5. The number of anilines is 1.